The summed E-state index contributed by atoms with van der Waals surface area (Å²) in [5.41, 5.74) is 5.23. The Morgan fingerprint density at radius 2 is 2.36 bits per heavy atom. The van der Waals surface area contributed by atoms with Crippen LogP contribution < -0.4 is 5.73 Å². The summed E-state index contributed by atoms with van der Waals surface area (Å²) in [4.78, 5) is 0. The normalized spacial score (nSPS) is 27.1. The Morgan fingerprint density at radius 3 is 2.79 bits per heavy atom. The van der Waals surface area contributed by atoms with Crippen LogP contribution in [-0.2, 0) is 17.4 Å². The zero-order valence-electron chi connectivity index (χ0n) is 8.38. The van der Waals surface area contributed by atoms with Crippen LogP contribution in [0.5, 0.6) is 0 Å². The highest BCUT2D eigenvalue weighted by atomic mass is 19.1. The molecule has 1 aliphatic heterocycles. The molecule has 78 valence electrons. The van der Waals surface area contributed by atoms with Crippen molar-refractivity contribution in [3.63, 3.8) is 0 Å². The summed E-state index contributed by atoms with van der Waals surface area (Å²) < 4.78 is 20.5. The van der Waals surface area contributed by atoms with Crippen LogP contribution in [0.1, 0.15) is 25.5 Å². The lowest BCUT2D eigenvalue weighted by Gasteiger charge is -2.20. The molecule has 0 aliphatic carbocycles. The largest absolute Gasteiger partial charge is 0.381 e. The van der Waals surface area contributed by atoms with Crippen molar-refractivity contribution in [3.05, 3.63) is 11.5 Å². The van der Waals surface area contributed by atoms with Crippen LogP contribution in [-0.4, -0.2) is 16.4 Å². The average Bonchev–Trinajstić information content (AvgIpc) is 2.67. The molecule has 0 amide bonds. The molecule has 0 aromatic carbocycles. The number of halogens is 1. The molecule has 1 aromatic heterocycles. The van der Waals surface area contributed by atoms with Crippen LogP contribution >= 0.6 is 0 Å². The van der Waals surface area contributed by atoms with Gasteiger partial charge in [-0.25, -0.2) is 4.39 Å². The van der Waals surface area contributed by atoms with E-state index in [1.165, 1.54) is 4.68 Å². The Morgan fingerprint density at radius 1 is 1.64 bits per heavy atom. The first-order valence-electron chi connectivity index (χ1n) is 4.67. The number of nitrogen functional groups attached to an aromatic ring is 1. The number of hydrogen-bond acceptors (Lipinski definition) is 3. The number of nitrogens with two attached hydrogens (primary N) is 1. The van der Waals surface area contributed by atoms with E-state index in [4.69, 9.17) is 10.5 Å². The minimum Gasteiger partial charge on any atom is -0.381 e. The number of aromatic nitrogens is 2. The predicted octanol–water partition coefficient (Wildman–Crippen LogP) is 1.17. The van der Waals surface area contributed by atoms with Gasteiger partial charge < -0.3 is 10.5 Å². The van der Waals surface area contributed by atoms with E-state index in [1.54, 1.807) is 7.05 Å². The van der Waals surface area contributed by atoms with Gasteiger partial charge in [0.2, 0.25) is 0 Å². The monoisotopic (exact) mass is 199 g/mol. The highest BCUT2D eigenvalue weighted by Crippen LogP contribution is 2.37. The van der Waals surface area contributed by atoms with Crippen LogP contribution in [0.2, 0.25) is 0 Å². The van der Waals surface area contributed by atoms with Crippen molar-refractivity contribution in [2.24, 2.45) is 7.05 Å². The lowest BCUT2D eigenvalue weighted by Crippen LogP contribution is -2.22. The van der Waals surface area contributed by atoms with Crippen molar-refractivity contribution >= 4 is 5.82 Å². The van der Waals surface area contributed by atoms with E-state index in [2.05, 4.69) is 5.10 Å². The number of aryl methyl sites for hydroxylation is 1. The van der Waals surface area contributed by atoms with Gasteiger partial charge in [0.25, 0.3) is 0 Å². The SMILES string of the molecule is Cn1nc(C2(C)CCCO2)c(F)c1N. The Labute approximate surface area is 81.8 Å². The first-order chi connectivity index (χ1) is 6.54. The fraction of sp³-hybridized carbons (Fsp3) is 0.667. The third-order valence-corrected chi connectivity index (χ3v) is 2.75. The van der Waals surface area contributed by atoms with E-state index in [9.17, 15) is 4.39 Å². The fourth-order valence-electron chi connectivity index (χ4n) is 1.81. The lowest BCUT2D eigenvalue weighted by atomic mass is 9.98. The van der Waals surface area contributed by atoms with E-state index in [0.717, 1.165) is 12.8 Å². The fourth-order valence-corrected chi connectivity index (χ4v) is 1.81. The first kappa shape index (κ1) is 9.45. The Kier molecular flexibility index (Phi) is 1.99. The van der Waals surface area contributed by atoms with E-state index >= 15 is 0 Å². The molecule has 14 heavy (non-hydrogen) atoms. The molecule has 1 aromatic rings. The zero-order chi connectivity index (χ0) is 10.3. The maximum absolute atomic E-state index is 13.6. The molecule has 1 unspecified atom stereocenters. The van der Waals surface area contributed by atoms with Crippen molar-refractivity contribution in [1.82, 2.24) is 9.78 Å². The molecule has 1 fully saturated rings. The van der Waals surface area contributed by atoms with Crippen LogP contribution in [0.15, 0.2) is 0 Å². The smallest absolute Gasteiger partial charge is 0.191 e. The Hall–Kier alpha value is -1.10. The quantitative estimate of drug-likeness (QED) is 0.738. The predicted molar refractivity (Wildman–Crippen MR) is 50.1 cm³/mol. The summed E-state index contributed by atoms with van der Waals surface area (Å²) in [5.74, 6) is -0.381. The summed E-state index contributed by atoms with van der Waals surface area (Å²) in [7, 11) is 1.63. The molecule has 0 bridgehead atoms. The first-order valence-corrected chi connectivity index (χ1v) is 4.67. The molecule has 0 spiro atoms. The third-order valence-electron chi connectivity index (χ3n) is 2.75. The van der Waals surface area contributed by atoms with Crippen molar-refractivity contribution < 1.29 is 9.13 Å². The highest BCUT2D eigenvalue weighted by Gasteiger charge is 2.38. The minimum absolute atomic E-state index is 0.0664. The molecular formula is C9H14FN3O. The van der Waals surface area contributed by atoms with Gasteiger partial charge >= 0.3 is 0 Å². The van der Waals surface area contributed by atoms with Gasteiger partial charge in [0.05, 0.1) is 0 Å². The average molecular weight is 199 g/mol. The molecule has 2 heterocycles. The standard InChI is InChI=1S/C9H14FN3O/c1-9(4-3-5-14-9)7-6(10)8(11)13(2)12-7/h3-5,11H2,1-2H3. The van der Waals surface area contributed by atoms with Gasteiger partial charge in [0.15, 0.2) is 11.6 Å². The minimum atomic E-state index is -0.598. The molecule has 1 atom stereocenters. The molecule has 0 saturated carbocycles. The van der Waals surface area contributed by atoms with Crippen molar-refractivity contribution in [1.29, 1.82) is 0 Å². The van der Waals surface area contributed by atoms with Crippen LogP contribution in [0.3, 0.4) is 0 Å². The summed E-state index contributed by atoms with van der Waals surface area (Å²) in [6.07, 6.45) is 1.73. The molecular weight excluding hydrogens is 185 g/mol. The molecule has 1 aliphatic rings. The molecule has 2 rings (SSSR count). The lowest BCUT2D eigenvalue weighted by molar-refractivity contribution is 0.0101. The number of ether oxygens (including phenoxy) is 1. The Bertz CT molecular complexity index is 355. The number of anilines is 1. The van der Waals surface area contributed by atoms with Gasteiger partial charge in [-0.1, -0.05) is 0 Å². The van der Waals surface area contributed by atoms with Crippen molar-refractivity contribution in [3.8, 4) is 0 Å². The van der Waals surface area contributed by atoms with E-state index in [1.807, 2.05) is 6.92 Å². The van der Waals surface area contributed by atoms with Crippen LogP contribution in [0.25, 0.3) is 0 Å². The highest BCUT2D eigenvalue weighted by molar-refractivity contribution is 5.35. The second-order valence-corrected chi connectivity index (χ2v) is 3.85. The molecule has 1 saturated heterocycles. The second kappa shape index (κ2) is 2.95. The van der Waals surface area contributed by atoms with Gasteiger partial charge in [0, 0.05) is 13.7 Å². The molecule has 0 radical (unpaired) electrons. The maximum Gasteiger partial charge on any atom is 0.191 e. The van der Waals surface area contributed by atoms with Crippen molar-refractivity contribution in [2.75, 3.05) is 12.3 Å². The number of nitrogens with zero attached hydrogens (tertiary/aromatic N) is 2. The molecule has 4 nitrogen and oxygen atoms in total. The topological polar surface area (TPSA) is 53.1 Å². The third kappa shape index (κ3) is 1.19. The molecule has 5 heteroatoms. The summed E-state index contributed by atoms with van der Waals surface area (Å²) in [5, 5.41) is 4.06. The molecule has 2 N–H and O–H groups in total. The second-order valence-electron chi connectivity index (χ2n) is 3.85. The summed E-state index contributed by atoms with van der Waals surface area (Å²) in [6, 6.07) is 0. The van der Waals surface area contributed by atoms with Crippen molar-refractivity contribution in [2.45, 2.75) is 25.4 Å². The maximum atomic E-state index is 13.6. The van der Waals surface area contributed by atoms with E-state index in [-0.39, 0.29) is 5.82 Å². The zero-order valence-corrected chi connectivity index (χ0v) is 8.38. The van der Waals surface area contributed by atoms with Gasteiger partial charge in [-0.3, -0.25) is 4.68 Å². The van der Waals surface area contributed by atoms with Crippen LogP contribution in [0, 0.1) is 5.82 Å². The summed E-state index contributed by atoms with van der Waals surface area (Å²) >= 11 is 0. The van der Waals surface area contributed by atoms with Gasteiger partial charge in [0.1, 0.15) is 11.3 Å². The number of rotatable bonds is 1. The number of hydrogen-bond donors (Lipinski definition) is 1. The van der Waals surface area contributed by atoms with Gasteiger partial charge in [-0.2, -0.15) is 5.10 Å². The van der Waals surface area contributed by atoms with Crippen LogP contribution in [0.4, 0.5) is 10.2 Å². The van der Waals surface area contributed by atoms with E-state index < -0.39 is 11.4 Å². The van der Waals surface area contributed by atoms with Gasteiger partial charge in [-0.05, 0) is 19.8 Å². The van der Waals surface area contributed by atoms with Gasteiger partial charge in [-0.15, -0.1) is 0 Å². The summed E-state index contributed by atoms with van der Waals surface area (Å²) in [6.45, 7) is 2.51. The Balaban J connectivity index is 2.45. The van der Waals surface area contributed by atoms with E-state index in [0.29, 0.717) is 12.3 Å².